The van der Waals surface area contributed by atoms with Gasteiger partial charge < -0.3 is 15.6 Å². The summed E-state index contributed by atoms with van der Waals surface area (Å²) < 4.78 is 0. The molecule has 0 radical (unpaired) electrons. The van der Waals surface area contributed by atoms with Crippen molar-refractivity contribution in [3.8, 4) is 0 Å². The maximum atomic E-state index is 11.6. The number of hydrogen-bond acceptors (Lipinski definition) is 2. The minimum Gasteiger partial charge on any atom is -0.367 e. The summed E-state index contributed by atoms with van der Waals surface area (Å²) in [5.74, 6) is 0.560. The number of H-pyrrole nitrogens is 1. The number of nitrogens with one attached hydrogen (secondary N) is 3. The molecule has 0 saturated heterocycles. The molecule has 1 rings (SSSR count). The third kappa shape index (κ3) is 4.06. The smallest absolute Gasteiger partial charge is 0.236 e. The lowest BCUT2D eigenvalue weighted by Gasteiger charge is -2.18. The van der Waals surface area contributed by atoms with E-state index >= 15 is 0 Å². The van der Waals surface area contributed by atoms with Crippen LogP contribution in [0.3, 0.4) is 0 Å². The number of rotatable bonds is 6. The third-order valence-corrected chi connectivity index (χ3v) is 2.48. The Kier molecular flexibility index (Phi) is 5.05. The lowest BCUT2D eigenvalue weighted by molar-refractivity contribution is -0.123. The van der Waals surface area contributed by atoms with Crippen LogP contribution in [0.1, 0.15) is 25.8 Å². The number of aromatic amines is 1. The topological polar surface area (TPSA) is 56.9 Å². The Hall–Kier alpha value is -1.29. The van der Waals surface area contributed by atoms with Crippen molar-refractivity contribution >= 4 is 5.91 Å². The van der Waals surface area contributed by atoms with Crippen LogP contribution in [-0.4, -0.2) is 24.0 Å². The Morgan fingerprint density at radius 2 is 2.25 bits per heavy atom. The van der Waals surface area contributed by atoms with Crippen molar-refractivity contribution in [2.75, 3.05) is 7.05 Å². The molecule has 0 aliphatic carbocycles. The number of likely N-dealkylation sites (N-methyl/N-ethyl adjacent to an activating group) is 1. The highest BCUT2D eigenvalue weighted by molar-refractivity contribution is 5.81. The van der Waals surface area contributed by atoms with Gasteiger partial charge in [0.1, 0.15) is 0 Å². The predicted molar refractivity (Wildman–Crippen MR) is 64.9 cm³/mol. The first kappa shape index (κ1) is 12.8. The second-order valence-corrected chi connectivity index (χ2v) is 4.40. The highest BCUT2D eigenvalue weighted by Gasteiger charge is 2.17. The van der Waals surface area contributed by atoms with Gasteiger partial charge in [0.2, 0.25) is 5.91 Å². The van der Waals surface area contributed by atoms with E-state index in [0.717, 1.165) is 12.0 Å². The van der Waals surface area contributed by atoms with E-state index in [2.05, 4.69) is 29.5 Å². The van der Waals surface area contributed by atoms with Crippen LogP contribution in [0.5, 0.6) is 0 Å². The van der Waals surface area contributed by atoms with Crippen molar-refractivity contribution in [3.63, 3.8) is 0 Å². The molecule has 3 N–H and O–H groups in total. The first-order valence-electron chi connectivity index (χ1n) is 5.70. The van der Waals surface area contributed by atoms with Crippen LogP contribution in [-0.2, 0) is 11.3 Å². The summed E-state index contributed by atoms with van der Waals surface area (Å²) in [7, 11) is 1.67. The molecule has 1 unspecified atom stereocenters. The predicted octanol–water partition coefficient (Wildman–Crippen LogP) is 1.26. The van der Waals surface area contributed by atoms with E-state index in [-0.39, 0.29) is 11.9 Å². The fraction of sp³-hybridized carbons (Fsp3) is 0.583. The zero-order valence-corrected chi connectivity index (χ0v) is 10.2. The number of amides is 1. The maximum absolute atomic E-state index is 11.6. The Morgan fingerprint density at radius 1 is 1.50 bits per heavy atom. The Bertz CT molecular complexity index is 306. The van der Waals surface area contributed by atoms with E-state index in [9.17, 15) is 4.79 Å². The fourth-order valence-electron chi connectivity index (χ4n) is 1.64. The summed E-state index contributed by atoms with van der Waals surface area (Å²) in [6.07, 6.45) is 4.67. The van der Waals surface area contributed by atoms with Crippen LogP contribution in [0, 0.1) is 5.92 Å². The van der Waals surface area contributed by atoms with Gasteiger partial charge in [-0.3, -0.25) is 4.79 Å². The molecule has 4 nitrogen and oxygen atoms in total. The highest BCUT2D eigenvalue weighted by atomic mass is 16.2. The van der Waals surface area contributed by atoms with E-state index in [1.54, 1.807) is 7.05 Å². The average Bonchev–Trinajstić information content (AvgIpc) is 2.75. The van der Waals surface area contributed by atoms with Crippen LogP contribution >= 0.6 is 0 Å². The van der Waals surface area contributed by atoms with Gasteiger partial charge in [0.25, 0.3) is 0 Å². The van der Waals surface area contributed by atoms with E-state index in [1.807, 2.05) is 18.5 Å². The van der Waals surface area contributed by atoms with Gasteiger partial charge in [-0.25, -0.2) is 0 Å². The second-order valence-electron chi connectivity index (χ2n) is 4.40. The van der Waals surface area contributed by atoms with Gasteiger partial charge in [-0.2, -0.15) is 0 Å². The molecule has 1 aromatic rings. The van der Waals surface area contributed by atoms with Crippen LogP contribution in [0.2, 0.25) is 0 Å². The zero-order valence-electron chi connectivity index (χ0n) is 10.2. The SMILES string of the molecule is CNC(=O)C(CC(C)C)NCc1cc[nH]c1. The molecule has 4 heteroatoms. The molecule has 1 amide bonds. The number of hydrogen-bond donors (Lipinski definition) is 3. The Labute approximate surface area is 96.8 Å². The molecule has 0 saturated carbocycles. The molecule has 16 heavy (non-hydrogen) atoms. The molecule has 0 aliphatic heterocycles. The van der Waals surface area contributed by atoms with Crippen molar-refractivity contribution in [1.29, 1.82) is 0 Å². The summed E-state index contributed by atoms with van der Waals surface area (Å²) in [6.45, 7) is 4.95. The largest absolute Gasteiger partial charge is 0.367 e. The quantitative estimate of drug-likeness (QED) is 0.680. The maximum Gasteiger partial charge on any atom is 0.236 e. The standard InChI is InChI=1S/C12H21N3O/c1-9(2)6-11(12(16)13-3)15-8-10-4-5-14-7-10/h4-5,7,9,11,14-15H,6,8H2,1-3H3,(H,13,16). The van der Waals surface area contributed by atoms with Crippen LogP contribution in [0.15, 0.2) is 18.5 Å². The summed E-state index contributed by atoms with van der Waals surface area (Å²) >= 11 is 0. The second kappa shape index (κ2) is 6.33. The van der Waals surface area contributed by atoms with Gasteiger partial charge in [-0.1, -0.05) is 13.8 Å². The third-order valence-electron chi connectivity index (χ3n) is 2.48. The van der Waals surface area contributed by atoms with E-state index in [1.165, 1.54) is 0 Å². The van der Waals surface area contributed by atoms with E-state index in [0.29, 0.717) is 12.5 Å². The summed E-state index contributed by atoms with van der Waals surface area (Å²) in [6, 6.07) is 1.89. The van der Waals surface area contributed by atoms with Gasteiger partial charge in [0.05, 0.1) is 6.04 Å². The first-order valence-corrected chi connectivity index (χ1v) is 5.70. The molecule has 0 spiro atoms. The van der Waals surface area contributed by atoms with Gasteiger partial charge >= 0.3 is 0 Å². The molecular weight excluding hydrogens is 202 g/mol. The monoisotopic (exact) mass is 223 g/mol. The minimum atomic E-state index is -0.111. The lowest BCUT2D eigenvalue weighted by Crippen LogP contribution is -2.43. The number of carbonyl (C=O) groups is 1. The van der Waals surface area contributed by atoms with Crippen molar-refractivity contribution in [2.45, 2.75) is 32.9 Å². The summed E-state index contributed by atoms with van der Waals surface area (Å²) in [5, 5.41) is 5.96. The molecule has 0 aromatic carbocycles. The molecular formula is C12H21N3O. The van der Waals surface area contributed by atoms with Gasteiger partial charge in [-0.15, -0.1) is 0 Å². The molecule has 90 valence electrons. The Morgan fingerprint density at radius 3 is 2.75 bits per heavy atom. The summed E-state index contributed by atoms with van der Waals surface area (Å²) in [4.78, 5) is 14.6. The van der Waals surface area contributed by atoms with Crippen LogP contribution < -0.4 is 10.6 Å². The Balaban J connectivity index is 2.46. The van der Waals surface area contributed by atoms with Crippen molar-refractivity contribution in [1.82, 2.24) is 15.6 Å². The molecule has 1 atom stereocenters. The van der Waals surface area contributed by atoms with E-state index in [4.69, 9.17) is 0 Å². The lowest BCUT2D eigenvalue weighted by atomic mass is 10.0. The number of carbonyl (C=O) groups excluding carboxylic acids is 1. The molecule has 1 heterocycles. The van der Waals surface area contributed by atoms with Gasteiger partial charge in [0.15, 0.2) is 0 Å². The zero-order chi connectivity index (χ0) is 12.0. The van der Waals surface area contributed by atoms with Crippen molar-refractivity contribution in [2.24, 2.45) is 5.92 Å². The van der Waals surface area contributed by atoms with Gasteiger partial charge in [-0.05, 0) is 24.0 Å². The van der Waals surface area contributed by atoms with Crippen LogP contribution in [0.4, 0.5) is 0 Å². The minimum absolute atomic E-state index is 0.0595. The van der Waals surface area contributed by atoms with Gasteiger partial charge in [0, 0.05) is 26.0 Å². The highest BCUT2D eigenvalue weighted by Crippen LogP contribution is 2.06. The first-order chi connectivity index (χ1) is 7.63. The van der Waals surface area contributed by atoms with Crippen molar-refractivity contribution < 1.29 is 4.79 Å². The normalized spacial score (nSPS) is 12.8. The fourth-order valence-corrected chi connectivity index (χ4v) is 1.64. The molecule has 1 aromatic heterocycles. The van der Waals surface area contributed by atoms with Crippen LogP contribution in [0.25, 0.3) is 0 Å². The molecule has 0 aliphatic rings. The molecule has 0 fully saturated rings. The summed E-state index contributed by atoms with van der Waals surface area (Å²) in [5.41, 5.74) is 1.16. The molecule has 0 bridgehead atoms. The average molecular weight is 223 g/mol. The van der Waals surface area contributed by atoms with Crippen molar-refractivity contribution in [3.05, 3.63) is 24.0 Å². The van der Waals surface area contributed by atoms with E-state index < -0.39 is 0 Å². The number of aromatic nitrogens is 1.